The van der Waals surface area contributed by atoms with Gasteiger partial charge in [-0.15, -0.1) is 0 Å². The lowest BCUT2D eigenvalue weighted by atomic mass is 9.95. The molecule has 4 rings (SSSR count). The summed E-state index contributed by atoms with van der Waals surface area (Å²) in [5.41, 5.74) is 6.75. The minimum atomic E-state index is 0.108. The number of rotatable bonds is 4. The first-order valence-electron chi connectivity index (χ1n) is 9.62. The number of carbonyl (C=O) groups is 1. The third-order valence-corrected chi connectivity index (χ3v) is 5.08. The first-order valence-corrected chi connectivity index (χ1v) is 9.62. The number of aryl methyl sites for hydroxylation is 4. The number of nitrogens with one attached hydrogen (secondary N) is 2. The molecule has 3 aromatic rings. The highest BCUT2D eigenvalue weighted by Gasteiger charge is 2.25. The van der Waals surface area contributed by atoms with Crippen LogP contribution in [0.25, 0.3) is 0 Å². The van der Waals surface area contributed by atoms with E-state index in [4.69, 9.17) is 0 Å². The second-order valence-electron chi connectivity index (χ2n) is 7.38. The van der Waals surface area contributed by atoms with Crippen molar-refractivity contribution in [2.45, 2.75) is 40.0 Å². The van der Waals surface area contributed by atoms with Gasteiger partial charge in [0.25, 0.3) is 0 Å². The number of nitrogens with zero attached hydrogens (tertiary/aromatic N) is 2. The largest absolute Gasteiger partial charge is 0.339 e. The lowest BCUT2D eigenvalue weighted by molar-refractivity contribution is 0.0972. The summed E-state index contributed by atoms with van der Waals surface area (Å²) in [4.78, 5) is 22.0. The minimum Gasteiger partial charge on any atom is -0.339 e. The van der Waals surface area contributed by atoms with Gasteiger partial charge in [0.05, 0.1) is 11.3 Å². The summed E-state index contributed by atoms with van der Waals surface area (Å²) < 4.78 is 0. The molecule has 0 aliphatic heterocycles. The van der Waals surface area contributed by atoms with Crippen LogP contribution < -0.4 is 10.6 Å². The Morgan fingerprint density at radius 2 is 1.64 bits per heavy atom. The standard InChI is InChI=1S/C23H24N4O/c1-14-7-4-10-17(13-14)24-23-25-18-11-6-12-19(28)20(18)22(27-23)26-21-15(2)8-5-9-16(21)3/h4-5,7-10,13H,6,11-12H2,1-3H3,(H2,24,25,26,27). The second-order valence-corrected chi connectivity index (χ2v) is 7.38. The van der Waals surface area contributed by atoms with Crippen molar-refractivity contribution in [1.29, 1.82) is 0 Å². The van der Waals surface area contributed by atoms with Gasteiger partial charge in [0.15, 0.2) is 5.78 Å². The number of Topliss-reactive ketones (excluding diaryl/α,β-unsaturated/α-hetero) is 1. The van der Waals surface area contributed by atoms with Crippen molar-refractivity contribution in [2.75, 3.05) is 10.6 Å². The summed E-state index contributed by atoms with van der Waals surface area (Å²) in [5.74, 6) is 1.20. The topological polar surface area (TPSA) is 66.9 Å². The quantitative estimate of drug-likeness (QED) is 0.641. The van der Waals surface area contributed by atoms with Crippen LogP contribution in [0.3, 0.4) is 0 Å². The fourth-order valence-corrected chi connectivity index (χ4v) is 3.65. The Bertz CT molecular complexity index is 1040. The summed E-state index contributed by atoms with van der Waals surface area (Å²) in [6.07, 6.45) is 2.16. The fraction of sp³-hybridized carbons (Fsp3) is 0.261. The molecule has 1 aromatic heterocycles. The van der Waals surface area contributed by atoms with Crippen molar-refractivity contribution in [2.24, 2.45) is 0 Å². The van der Waals surface area contributed by atoms with E-state index < -0.39 is 0 Å². The van der Waals surface area contributed by atoms with Crippen molar-refractivity contribution in [1.82, 2.24) is 9.97 Å². The molecule has 5 heteroatoms. The Kier molecular flexibility index (Phi) is 4.82. The number of para-hydroxylation sites is 1. The van der Waals surface area contributed by atoms with Crippen LogP contribution in [0.4, 0.5) is 23.1 Å². The summed E-state index contributed by atoms with van der Waals surface area (Å²) >= 11 is 0. The molecule has 0 spiro atoms. The first-order chi connectivity index (χ1) is 13.5. The van der Waals surface area contributed by atoms with E-state index in [1.807, 2.05) is 37.3 Å². The molecular formula is C23H24N4O. The van der Waals surface area contributed by atoms with Crippen molar-refractivity contribution >= 4 is 28.9 Å². The predicted octanol–water partition coefficient (Wildman–Crippen LogP) is 5.41. The normalized spacial score (nSPS) is 13.2. The maximum absolute atomic E-state index is 12.6. The third kappa shape index (κ3) is 3.60. The predicted molar refractivity (Wildman–Crippen MR) is 113 cm³/mol. The van der Waals surface area contributed by atoms with E-state index in [0.717, 1.165) is 46.6 Å². The molecule has 142 valence electrons. The number of hydrogen-bond donors (Lipinski definition) is 2. The molecular weight excluding hydrogens is 348 g/mol. The average Bonchev–Trinajstić information content (AvgIpc) is 2.65. The van der Waals surface area contributed by atoms with Gasteiger partial charge in [-0.05, 0) is 62.4 Å². The lowest BCUT2D eigenvalue weighted by Crippen LogP contribution is -2.18. The highest BCUT2D eigenvalue weighted by atomic mass is 16.1. The molecule has 0 unspecified atom stereocenters. The molecule has 0 saturated carbocycles. The van der Waals surface area contributed by atoms with Gasteiger partial charge in [-0.25, -0.2) is 4.98 Å². The summed E-state index contributed by atoms with van der Waals surface area (Å²) in [7, 11) is 0. The van der Waals surface area contributed by atoms with E-state index >= 15 is 0 Å². The monoisotopic (exact) mass is 372 g/mol. The SMILES string of the molecule is Cc1cccc(Nc2nc3c(c(Nc4c(C)cccc4C)n2)C(=O)CCC3)c1. The van der Waals surface area contributed by atoms with Gasteiger partial charge in [0.2, 0.25) is 5.95 Å². The van der Waals surface area contributed by atoms with Gasteiger partial charge in [0.1, 0.15) is 5.82 Å². The van der Waals surface area contributed by atoms with E-state index in [2.05, 4.69) is 46.6 Å². The number of hydrogen-bond acceptors (Lipinski definition) is 5. The third-order valence-electron chi connectivity index (χ3n) is 5.08. The minimum absolute atomic E-state index is 0.108. The molecule has 0 fully saturated rings. The van der Waals surface area contributed by atoms with E-state index in [1.165, 1.54) is 0 Å². The molecule has 1 aliphatic rings. The smallest absolute Gasteiger partial charge is 0.229 e. The molecule has 0 amide bonds. The Balaban J connectivity index is 1.78. The first kappa shape index (κ1) is 18.2. The maximum atomic E-state index is 12.6. The van der Waals surface area contributed by atoms with E-state index in [-0.39, 0.29) is 5.78 Å². The number of aromatic nitrogens is 2. The summed E-state index contributed by atoms with van der Waals surface area (Å²) in [6.45, 7) is 6.15. The van der Waals surface area contributed by atoms with Crippen molar-refractivity contribution in [3.63, 3.8) is 0 Å². The second kappa shape index (κ2) is 7.43. The number of carbonyl (C=O) groups excluding carboxylic acids is 1. The van der Waals surface area contributed by atoms with Crippen LogP contribution in [0, 0.1) is 20.8 Å². The highest BCUT2D eigenvalue weighted by molar-refractivity contribution is 6.03. The summed E-state index contributed by atoms with van der Waals surface area (Å²) in [6, 6.07) is 14.2. The number of fused-ring (bicyclic) bond motifs is 1. The van der Waals surface area contributed by atoms with Crippen LogP contribution in [0.2, 0.25) is 0 Å². The molecule has 1 heterocycles. The molecule has 1 aliphatic carbocycles. The molecule has 0 saturated heterocycles. The molecule has 2 N–H and O–H groups in total. The van der Waals surface area contributed by atoms with Crippen molar-refractivity contribution in [3.8, 4) is 0 Å². The number of benzene rings is 2. The molecule has 0 radical (unpaired) electrons. The van der Waals surface area contributed by atoms with Gasteiger partial charge in [-0.3, -0.25) is 4.79 Å². The molecule has 0 atom stereocenters. The Morgan fingerprint density at radius 3 is 2.39 bits per heavy atom. The van der Waals surface area contributed by atoms with Gasteiger partial charge in [-0.2, -0.15) is 4.98 Å². The Labute approximate surface area is 165 Å². The Hall–Kier alpha value is -3.21. The zero-order valence-corrected chi connectivity index (χ0v) is 16.5. The van der Waals surface area contributed by atoms with Crippen LogP contribution in [-0.2, 0) is 6.42 Å². The zero-order chi connectivity index (χ0) is 19.7. The molecule has 28 heavy (non-hydrogen) atoms. The maximum Gasteiger partial charge on any atom is 0.229 e. The summed E-state index contributed by atoms with van der Waals surface area (Å²) in [5, 5.41) is 6.72. The molecule has 2 aromatic carbocycles. The van der Waals surface area contributed by atoms with Crippen molar-refractivity contribution < 1.29 is 4.79 Å². The van der Waals surface area contributed by atoms with E-state index in [0.29, 0.717) is 23.8 Å². The zero-order valence-electron chi connectivity index (χ0n) is 16.5. The van der Waals surface area contributed by atoms with Gasteiger partial charge >= 0.3 is 0 Å². The fourth-order valence-electron chi connectivity index (χ4n) is 3.65. The number of ketones is 1. The van der Waals surface area contributed by atoms with Crippen LogP contribution in [0.1, 0.15) is 45.6 Å². The van der Waals surface area contributed by atoms with Gasteiger partial charge in [-0.1, -0.05) is 30.3 Å². The van der Waals surface area contributed by atoms with E-state index in [1.54, 1.807) is 0 Å². The van der Waals surface area contributed by atoms with Crippen molar-refractivity contribution in [3.05, 3.63) is 70.4 Å². The van der Waals surface area contributed by atoms with Crippen LogP contribution in [0.5, 0.6) is 0 Å². The van der Waals surface area contributed by atoms with Gasteiger partial charge < -0.3 is 10.6 Å². The van der Waals surface area contributed by atoms with Gasteiger partial charge in [0, 0.05) is 17.8 Å². The average molecular weight is 372 g/mol. The molecule has 5 nitrogen and oxygen atoms in total. The van der Waals surface area contributed by atoms with Crippen LogP contribution >= 0.6 is 0 Å². The van der Waals surface area contributed by atoms with Crippen LogP contribution in [0.15, 0.2) is 42.5 Å². The number of anilines is 4. The molecule has 0 bridgehead atoms. The lowest BCUT2D eigenvalue weighted by Gasteiger charge is -2.20. The Morgan fingerprint density at radius 1 is 0.893 bits per heavy atom. The highest BCUT2D eigenvalue weighted by Crippen LogP contribution is 2.31. The van der Waals surface area contributed by atoms with E-state index in [9.17, 15) is 4.79 Å². The van der Waals surface area contributed by atoms with Crippen LogP contribution in [-0.4, -0.2) is 15.8 Å².